The van der Waals surface area contributed by atoms with E-state index in [1.54, 1.807) is 12.1 Å². The van der Waals surface area contributed by atoms with Crippen LogP contribution >= 0.6 is 0 Å². The number of ether oxygens (including phenoxy) is 2. The van der Waals surface area contributed by atoms with Crippen molar-refractivity contribution < 1.29 is 23.9 Å². The first kappa shape index (κ1) is 13.0. The normalized spacial score (nSPS) is 17.0. The van der Waals surface area contributed by atoms with E-state index in [1.165, 1.54) is 12.1 Å². The van der Waals surface area contributed by atoms with E-state index in [0.29, 0.717) is 12.4 Å². The second kappa shape index (κ2) is 5.06. The Hall–Kier alpha value is -2.43. The molecule has 1 unspecified atom stereocenters. The van der Waals surface area contributed by atoms with Crippen molar-refractivity contribution in [2.24, 2.45) is 0 Å². The zero-order chi connectivity index (χ0) is 14.0. The van der Waals surface area contributed by atoms with E-state index in [9.17, 15) is 14.4 Å². The summed E-state index contributed by atoms with van der Waals surface area (Å²) >= 11 is 0. The number of esters is 1. The van der Waals surface area contributed by atoms with E-state index >= 15 is 0 Å². The third-order valence-electron chi connectivity index (χ3n) is 2.65. The highest BCUT2D eigenvalue weighted by molar-refractivity contribution is 6.29. The van der Waals surface area contributed by atoms with Crippen molar-refractivity contribution in [3.05, 3.63) is 42.0 Å². The zero-order valence-electron chi connectivity index (χ0n) is 10.3. The van der Waals surface area contributed by atoms with E-state index in [-0.39, 0.29) is 11.1 Å². The molecule has 0 saturated carbocycles. The second-order valence-electron chi connectivity index (χ2n) is 4.03. The first-order chi connectivity index (χ1) is 9.04. The Morgan fingerprint density at radius 1 is 1.32 bits per heavy atom. The third-order valence-corrected chi connectivity index (χ3v) is 2.65. The highest BCUT2D eigenvalue weighted by atomic mass is 16.5. The van der Waals surface area contributed by atoms with E-state index in [0.717, 1.165) is 6.92 Å². The van der Waals surface area contributed by atoms with Crippen LogP contribution in [0.4, 0.5) is 0 Å². The number of carbonyl (C=O) groups is 3. The molecule has 1 atom stereocenters. The summed E-state index contributed by atoms with van der Waals surface area (Å²) in [7, 11) is 0. The predicted molar refractivity (Wildman–Crippen MR) is 66.3 cm³/mol. The Labute approximate surface area is 109 Å². The number of hydrogen-bond acceptors (Lipinski definition) is 5. The summed E-state index contributed by atoms with van der Waals surface area (Å²) in [6.07, 6.45) is 0.212. The molecule has 1 aromatic carbocycles. The lowest BCUT2D eigenvalue weighted by Gasteiger charge is -2.05. The molecule has 2 rings (SSSR count). The van der Waals surface area contributed by atoms with Gasteiger partial charge in [0.25, 0.3) is 0 Å². The van der Waals surface area contributed by atoms with Gasteiger partial charge in [0.05, 0.1) is 0 Å². The van der Waals surface area contributed by atoms with Gasteiger partial charge in [-0.1, -0.05) is 12.7 Å². The molecule has 0 bridgehead atoms. The van der Waals surface area contributed by atoms with Crippen LogP contribution in [0.15, 0.2) is 30.9 Å². The van der Waals surface area contributed by atoms with E-state index < -0.39 is 23.6 Å². The predicted octanol–water partition coefficient (Wildman–Crippen LogP) is 1.56. The van der Waals surface area contributed by atoms with Crippen LogP contribution in [-0.2, 0) is 9.53 Å². The van der Waals surface area contributed by atoms with Gasteiger partial charge in [0, 0.05) is 18.1 Å². The molecule has 1 aromatic rings. The number of ketones is 2. The van der Waals surface area contributed by atoms with Crippen LogP contribution in [0.2, 0.25) is 0 Å². The van der Waals surface area contributed by atoms with Crippen LogP contribution in [-0.4, -0.2) is 30.2 Å². The van der Waals surface area contributed by atoms with Crippen LogP contribution in [0.25, 0.3) is 0 Å². The number of Topliss-reactive ketones (excluding diaryl/α,β-unsaturated/α-hetero) is 2. The summed E-state index contributed by atoms with van der Waals surface area (Å²) < 4.78 is 10.0. The lowest BCUT2D eigenvalue weighted by molar-refractivity contribution is -0.142. The number of fused-ring (bicyclic) bond motifs is 1. The monoisotopic (exact) mass is 260 g/mol. The smallest absolute Gasteiger partial charge is 0.303 e. The molecule has 0 saturated heterocycles. The van der Waals surface area contributed by atoms with Gasteiger partial charge < -0.3 is 9.47 Å². The zero-order valence-corrected chi connectivity index (χ0v) is 10.3. The van der Waals surface area contributed by atoms with Gasteiger partial charge in [-0.05, 0) is 18.2 Å². The molecule has 0 N–H and O–H groups in total. The summed E-state index contributed by atoms with van der Waals surface area (Å²) in [5.74, 6) is -1.21. The van der Waals surface area contributed by atoms with E-state index in [4.69, 9.17) is 9.47 Å². The Bertz CT molecular complexity index is 573. The molecule has 0 spiro atoms. The lowest BCUT2D eigenvalue weighted by atomic mass is 10.1. The number of hydrogen-bond donors (Lipinski definition) is 0. The fraction of sp³-hybridized carbons (Fsp3) is 0.214. The van der Waals surface area contributed by atoms with Gasteiger partial charge in [-0.25, -0.2) is 0 Å². The fourth-order valence-corrected chi connectivity index (χ4v) is 1.86. The maximum atomic E-state index is 12.0. The summed E-state index contributed by atoms with van der Waals surface area (Å²) in [4.78, 5) is 34.8. The van der Waals surface area contributed by atoms with Crippen molar-refractivity contribution in [1.82, 2.24) is 0 Å². The van der Waals surface area contributed by atoms with Gasteiger partial charge in [0.2, 0.25) is 17.7 Å². The van der Waals surface area contributed by atoms with Crippen LogP contribution in [0.1, 0.15) is 27.6 Å². The molecule has 1 aliphatic carbocycles. The molecule has 0 aliphatic heterocycles. The lowest BCUT2D eigenvalue weighted by Crippen LogP contribution is -2.27. The van der Waals surface area contributed by atoms with Gasteiger partial charge in [-0.3, -0.25) is 14.4 Å². The van der Waals surface area contributed by atoms with Crippen molar-refractivity contribution in [2.45, 2.75) is 13.0 Å². The average Bonchev–Trinajstić information content (AvgIpc) is 2.61. The molecule has 0 fully saturated rings. The molecule has 0 amide bonds. The van der Waals surface area contributed by atoms with Crippen molar-refractivity contribution in [1.29, 1.82) is 0 Å². The molecule has 5 heteroatoms. The van der Waals surface area contributed by atoms with Crippen molar-refractivity contribution >= 4 is 17.5 Å². The van der Waals surface area contributed by atoms with Gasteiger partial charge >= 0.3 is 5.97 Å². The van der Waals surface area contributed by atoms with E-state index in [2.05, 4.69) is 6.58 Å². The van der Waals surface area contributed by atoms with Crippen molar-refractivity contribution in [2.75, 3.05) is 6.61 Å². The van der Waals surface area contributed by atoms with Crippen LogP contribution in [0.3, 0.4) is 0 Å². The average molecular weight is 260 g/mol. The first-order valence-corrected chi connectivity index (χ1v) is 5.68. The molecule has 0 radical (unpaired) electrons. The fourth-order valence-electron chi connectivity index (χ4n) is 1.86. The summed E-state index contributed by atoms with van der Waals surface area (Å²) in [5, 5.41) is 0. The standard InChI is InChI=1S/C14H12O5/c1-3-6-18-9-4-5-10-11(7-9)13(17)14(12(10)16)19-8(2)15/h3-5,7,14H,1,6H2,2H3. The van der Waals surface area contributed by atoms with E-state index in [1.807, 2.05) is 0 Å². The van der Waals surface area contributed by atoms with Gasteiger partial charge in [0.15, 0.2) is 0 Å². The van der Waals surface area contributed by atoms with Crippen LogP contribution in [0, 0.1) is 0 Å². The minimum atomic E-state index is -1.36. The van der Waals surface area contributed by atoms with Crippen molar-refractivity contribution in [3.8, 4) is 5.75 Å². The number of carbonyl (C=O) groups excluding carboxylic acids is 3. The van der Waals surface area contributed by atoms with Gasteiger partial charge in [-0.15, -0.1) is 0 Å². The number of benzene rings is 1. The highest BCUT2D eigenvalue weighted by Gasteiger charge is 2.41. The Morgan fingerprint density at radius 3 is 2.63 bits per heavy atom. The highest BCUT2D eigenvalue weighted by Crippen LogP contribution is 2.28. The number of rotatable bonds is 4. The molecule has 5 nitrogen and oxygen atoms in total. The largest absolute Gasteiger partial charge is 0.490 e. The topological polar surface area (TPSA) is 69.7 Å². The maximum absolute atomic E-state index is 12.0. The summed E-state index contributed by atoms with van der Waals surface area (Å²) in [5.41, 5.74) is 0.472. The molecule has 19 heavy (non-hydrogen) atoms. The quantitative estimate of drug-likeness (QED) is 0.467. The van der Waals surface area contributed by atoms with Gasteiger partial charge in [-0.2, -0.15) is 0 Å². The summed E-state index contributed by atoms with van der Waals surface area (Å²) in [6, 6.07) is 4.56. The molecule has 0 heterocycles. The Kier molecular flexibility index (Phi) is 3.46. The molecule has 98 valence electrons. The molecular weight excluding hydrogens is 248 g/mol. The third kappa shape index (κ3) is 2.40. The summed E-state index contributed by atoms with van der Waals surface area (Å²) in [6.45, 7) is 4.97. The SMILES string of the molecule is C=CCOc1ccc2c(c1)C(=O)C(OC(C)=O)C2=O. The van der Waals surface area contributed by atoms with Crippen molar-refractivity contribution in [3.63, 3.8) is 0 Å². The van der Waals surface area contributed by atoms with Gasteiger partial charge in [0.1, 0.15) is 12.4 Å². The Morgan fingerprint density at radius 2 is 2.00 bits per heavy atom. The maximum Gasteiger partial charge on any atom is 0.303 e. The van der Waals surface area contributed by atoms with Crippen LogP contribution < -0.4 is 4.74 Å². The molecular formula is C14H12O5. The first-order valence-electron chi connectivity index (χ1n) is 5.68. The Balaban J connectivity index is 2.31. The minimum absolute atomic E-state index is 0.220. The second-order valence-corrected chi connectivity index (χ2v) is 4.03. The minimum Gasteiger partial charge on any atom is -0.490 e. The van der Waals surface area contributed by atoms with Crippen LogP contribution in [0.5, 0.6) is 5.75 Å². The molecule has 1 aliphatic rings. The molecule has 0 aromatic heterocycles.